The van der Waals surface area contributed by atoms with Crippen molar-refractivity contribution in [3.63, 3.8) is 0 Å². The Morgan fingerprint density at radius 1 is 0.841 bits per heavy atom. The molecule has 1 atom stereocenters. The number of hydrogen-bond donors (Lipinski definition) is 2. The minimum atomic E-state index is -0.627. The highest BCUT2D eigenvalue weighted by Crippen LogP contribution is 2.61. The van der Waals surface area contributed by atoms with E-state index in [1.54, 1.807) is 44.6 Å². The Kier molecular flexibility index (Phi) is 6.94. The number of hydrogen-bond acceptors (Lipinski definition) is 6. The molecular weight excluding hydrogens is 570 g/mol. The molecule has 0 fully saturated rings. The Morgan fingerprint density at radius 3 is 2.23 bits per heavy atom. The third-order valence-electron chi connectivity index (χ3n) is 8.95. The van der Waals surface area contributed by atoms with Crippen LogP contribution in [-0.2, 0) is 4.79 Å². The maximum Gasteiger partial charge on any atom is 0.255 e. The molecule has 2 amide bonds. The van der Waals surface area contributed by atoms with Crippen LogP contribution in [0.2, 0.25) is 0 Å². The number of benzene rings is 4. The maximum atomic E-state index is 14.0. The number of amides is 2. The Bertz CT molecular complexity index is 1870. The summed E-state index contributed by atoms with van der Waals surface area (Å²) in [4.78, 5) is 32.0. The zero-order valence-electron chi connectivity index (χ0n) is 24.6. The smallest absolute Gasteiger partial charge is 0.255 e. The van der Waals surface area contributed by atoms with Gasteiger partial charge in [0.2, 0.25) is 5.91 Å². The van der Waals surface area contributed by atoms with Gasteiger partial charge in [0.05, 0.1) is 31.0 Å². The van der Waals surface area contributed by atoms with Gasteiger partial charge >= 0.3 is 0 Å². The van der Waals surface area contributed by atoms with Gasteiger partial charge < -0.3 is 20.1 Å². The van der Waals surface area contributed by atoms with Crippen LogP contribution in [0.4, 0.5) is 10.8 Å². The van der Waals surface area contributed by atoms with E-state index in [1.165, 1.54) is 33.6 Å². The number of anilines is 2. The summed E-state index contributed by atoms with van der Waals surface area (Å²) in [5.41, 5.74) is 6.94. The van der Waals surface area contributed by atoms with Crippen LogP contribution in [0.15, 0.2) is 96.4 Å². The Hall–Kier alpha value is -4.95. The van der Waals surface area contributed by atoms with Gasteiger partial charge in [-0.15, -0.1) is 11.3 Å². The second kappa shape index (κ2) is 11.0. The average Bonchev–Trinajstić information content (AvgIpc) is 3.53. The largest absolute Gasteiger partial charge is 0.497 e. The van der Waals surface area contributed by atoms with Crippen molar-refractivity contribution in [1.82, 2.24) is 4.98 Å². The zero-order valence-corrected chi connectivity index (χ0v) is 25.4. The molecule has 0 saturated carbocycles. The second-order valence-corrected chi connectivity index (χ2v) is 12.3. The topological polar surface area (TPSA) is 89.5 Å². The standard InChI is InChI=1S/C36H31N3O4S/c1-36(19-28-24-11-4-6-13-26(24)32(36)27-14-7-5-12-25(27)28)34(41)39-35-38-30(20-44-35)21-9-8-10-22(17-21)33(40)37-29-18-23(42-2)15-16-31(29)43-3/h4-18,20,28,32H,19H2,1-3H3,(H,37,40)(H,38,39,41). The number of fused-ring (bicyclic) bond motifs is 1. The van der Waals surface area contributed by atoms with Gasteiger partial charge in [0, 0.05) is 34.4 Å². The summed E-state index contributed by atoms with van der Waals surface area (Å²) in [6.07, 6.45) is 0.741. The van der Waals surface area contributed by atoms with E-state index in [1.807, 2.05) is 17.5 Å². The van der Waals surface area contributed by atoms with Gasteiger partial charge in [0.1, 0.15) is 11.5 Å². The second-order valence-electron chi connectivity index (χ2n) is 11.5. The van der Waals surface area contributed by atoms with Gasteiger partial charge in [0.15, 0.2) is 5.13 Å². The Morgan fingerprint density at radius 2 is 1.55 bits per heavy atom. The van der Waals surface area contributed by atoms with Crippen molar-refractivity contribution in [2.24, 2.45) is 5.41 Å². The van der Waals surface area contributed by atoms with Crippen molar-refractivity contribution in [2.45, 2.75) is 25.2 Å². The number of methoxy groups -OCH3 is 2. The summed E-state index contributed by atoms with van der Waals surface area (Å²) in [5, 5.41) is 8.49. The van der Waals surface area contributed by atoms with Crippen molar-refractivity contribution >= 4 is 34.0 Å². The van der Waals surface area contributed by atoms with Crippen LogP contribution in [0, 0.1) is 5.41 Å². The lowest BCUT2D eigenvalue weighted by molar-refractivity contribution is -0.126. The molecule has 2 bridgehead atoms. The number of nitrogens with zero attached hydrogens (tertiary/aromatic N) is 1. The summed E-state index contributed by atoms with van der Waals surface area (Å²) in [6, 6.07) is 29.5. The van der Waals surface area contributed by atoms with Crippen molar-refractivity contribution < 1.29 is 19.1 Å². The van der Waals surface area contributed by atoms with Gasteiger partial charge in [-0.05, 0) is 59.9 Å². The molecule has 0 aliphatic heterocycles. The molecule has 0 radical (unpaired) electrons. The van der Waals surface area contributed by atoms with Crippen molar-refractivity contribution in [2.75, 3.05) is 24.9 Å². The lowest BCUT2D eigenvalue weighted by atomic mass is 9.52. The first-order chi connectivity index (χ1) is 21.4. The first-order valence-corrected chi connectivity index (χ1v) is 15.4. The Balaban J connectivity index is 1.11. The van der Waals surface area contributed by atoms with E-state index in [2.05, 4.69) is 66.1 Å². The molecule has 3 aliphatic rings. The third kappa shape index (κ3) is 4.62. The highest BCUT2D eigenvalue weighted by molar-refractivity contribution is 7.14. The molecule has 5 aromatic rings. The molecule has 7 nitrogen and oxygen atoms in total. The molecule has 8 rings (SSSR count). The molecule has 4 aromatic carbocycles. The predicted octanol–water partition coefficient (Wildman–Crippen LogP) is 7.71. The molecule has 1 unspecified atom stereocenters. The van der Waals surface area contributed by atoms with Crippen molar-refractivity contribution in [1.29, 1.82) is 0 Å². The van der Waals surface area contributed by atoms with E-state index in [0.717, 1.165) is 12.0 Å². The monoisotopic (exact) mass is 601 g/mol. The first-order valence-electron chi connectivity index (χ1n) is 14.5. The lowest BCUT2D eigenvalue weighted by Gasteiger charge is -2.50. The Labute approximate surface area is 259 Å². The van der Waals surface area contributed by atoms with E-state index in [9.17, 15) is 9.59 Å². The molecular formula is C36H31N3O4S. The number of aromatic nitrogens is 1. The van der Waals surface area contributed by atoms with Gasteiger partial charge in [0.25, 0.3) is 5.91 Å². The third-order valence-corrected chi connectivity index (χ3v) is 9.71. The van der Waals surface area contributed by atoms with Crippen molar-refractivity contribution in [3.8, 4) is 22.8 Å². The van der Waals surface area contributed by atoms with Gasteiger partial charge in [-0.1, -0.05) is 60.7 Å². The first kappa shape index (κ1) is 27.9. The van der Waals surface area contributed by atoms with E-state index >= 15 is 0 Å². The van der Waals surface area contributed by atoms with Crippen molar-refractivity contribution in [3.05, 3.63) is 124 Å². The van der Waals surface area contributed by atoms with Crippen LogP contribution in [0.5, 0.6) is 11.5 Å². The fourth-order valence-corrected chi connectivity index (χ4v) is 7.53. The molecule has 3 aliphatic carbocycles. The molecule has 1 aromatic heterocycles. The van der Waals surface area contributed by atoms with Gasteiger partial charge in [-0.3, -0.25) is 9.59 Å². The molecule has 0 saturated heterocycles. The molecule has 44 heavy (non-hydrogen) atoms. The minimum absolute atomic E-state index is 0.0298. The van der Waals surface area contributed by atoms with E-state index in [-0.39, 0.29) is 23.7 Å². The number of carbonyl (C=O) groups excluding carboxylic acids is 2. The minimum Gasteiger partial charge on any atom is -0.497 e. The van der Waals surface area contributed by atoms with Crippen LogP contribution in [0.3, 0.4) is 0 Å². The number of thiazole rings is 1. The van der Waals surface area contributed by atoms with E-state index < -0.39 is 5.41 Å². The predicted molar refractivity (Wildman–Crippen MR) is 173 cm³/mol. The summed E-state index contributed by atoms with van der Waals surface area (Å²) in [5.74, 6) is 0.969. The van der Waals surface area contributed by atoms with E-state index in [0.29, 0.717) is 33.6 Å². The summed E-state index contributed by atoms with van der Waals surface area (Å²) >= 11 is 1.38. The summed E-state index contributed by atoms with van der Waals surface area (Å²) < 4.78 is 10.7. The van der Waals surface area contributed by atoms with E-state index in [4.69, 9.17) is 14.5 Å². The molecule has 8 heteroatoms. The highest BCUT2D eigenvalue weighted by Gasteiger charge is 2.54. The molecule has 2 N–H and O–H groups in total. The highest BCUT2D eigenvalue weighted by atomic mass is 32.1. The lowest BCUT2D eigenvalue weighted by Crippen LogP contribution is -2.47. The fraction of sp³-hybridized carbons (Fsp3) is 0.194. The number of ether oxygens (including phenoxy) is 2. The maximum absolute atomic E-state index is 14.0. The van der Waals surface area contributed by atoms with Gasteiger partial charge in [-0.25, -0.2) is 4.98 Å². The quantitative estimate of drug-likeness (QED) is 0.200. The fourth-order valence-electron chi connectivity index (χ4n) is 6.82. The normalized spacial score (nSPS) is 19.4. The average molecular weight is 602 g/mol. The van der Waals surface area contributed by atoms with Gasteiger partial charge in [-0.2, -0.15) is 0 Å². The number of carbonyl (C=O) groups is 2. The van der Waals surface area contributed by atoms with Crippen LogP contribution < -0.4 is 20.1 Å². The van der Waals surface area contributed by atoms with Crippen LogP contribution in [0.1, 0.15) is 57.8 Å². The molecule has 0 spiro atoms. The summed E-state index contributed by atoms with van der Waals surface area (Å²) in [6.45, 7) is 2.08. The van der Waals surface area contributed by atoms with Crippen LogP contribution >= 0.6 is 11.3 Å². The SMILES string of the molecule is COc1ccc(OC)c(NC(=O)c2cccc(-c3csc(NC(=O)C4(C)CC5c6ccccc6C4c4ccccc45)n3)c2)c1. The number of nitrogens with one attached hydrogen (secondary N) is 2. The molecule has 1 heterocycles. The zero-order chi connectivity index (χ0) is 30.4. The number of rotatable bonds is 7. The summed E-state index contributed by atoms with van der Waals surface area (Å²) in [7, 11) is 3.12. The molecule has 220 valence electrons. The van der Waals surface area contributed by atoms with Crippen LogP contribution in [-0.4, -0.2) is 31.0 Å². The van der Waals surface area contributed by atoms with Crippen LogP contribution in [0.25, 0.3) is 11.3 Å².